The predicted octanol–water partition coefficient (Wildman–Crippen LogP) is 0.138. The average Bonchev–Trinajstić information content (AvgIpc) is 2.51. The summed E-state index contributed by atoms with van der Waals surface area (Å²) >= 11 is 0. The number of benzene rings is 1. The maximum atomic E-state index is 12.4. The Morgan fingerprint density at radius 3 is 2.42 bits per heavy atom. The van der Waals surface area contributed by atoms with Crippen LogP contribution in [0.1, 0.15) is 26.2 Å². The van der Waals surface area contributed by atoms with Crippen molar-refractivity contribution in [3.63, 3.8) is 0 Å². The number of H-pyrrole nitrogens is 2. The van der Waals surface area contributed by atoms with E-state index in [1.807, 2.05) is 6.92 Å². The van der Waals surface area contributed by atoms with Crippen molar-refractivity contribution in [1.82, 2.24) is 14.7 Å². The molecule has 0 saturated carbocycles. The van der Waals surface area contributed by atoms with E-state index in [0.717, 1.165) is 12.5 Å². The van der Waals surface area contributed by atoms with Crippen LogP contribution in [0.5, 0.6) is 0 Å². The lowest BCUT2D eigenvalue weighted by Gasteiger charge is -2.14. The molecule has 1 aromatic carbocycles. The molecule has 24 heavy (non-hydrogen) atoms. The zero-order chi connectivity index (χ0) is 17.9. The van der Waals surface area contributed by atoms with Gasteiger partial charge in [-0.05, 0) is 24.6 Å². The number of fused-ring (bicyclic) bond motifs is 1. The van der Waals surface area contributed by atoms with E-state index >= 15 is 0 Å². The van der Waals surface area contributed by atoms with E-state index < -0.39 is 33.2 Å². The van der Waals surface area contributed by atoms with Crippen molar-refractivity contribution in [2.24, 2.45) is 0 Å². The molecule has 0 spiro atoms. The fourth-order valence-electron chi connectivity index (χ4n) is 2.16. The summed E-state index contributed by atoms with van der Waals surface area (Å²) in [7, 11) is -4.09. The number of carbonyl (C=O) groups is 1. The molecule has 1 aromatic heterocycles. The highest BCUT2D eigenvalue weighted by Gasteiger charge is 2.25. The molecule has 0 aliphatic rings. The molecule has 1 atom stereocenters. The molecule has 1 heterocycles. The summed E-state index contributed by atoms with van der Waals surface area (Å²) in [5, 5.41) is 9.13. The van der Waals surface area contributed by atoms with Crippen LogP contribution in [-0.2, 0) is 14.8 Å². The second-order valence-corrected chi connectivity index (χ2v) is 6.98. The zero-order valence-corrected chi connectivity index (χ0v) is 13.6. The van der Waals surface area contributed by atoms with E-state index in [2.05, 4.69) is 14.7 Å². The Kier molecular flexibility index (Phi) is 5.20. The van der Waals surface area contributed by atoms with E-state index in [4.69, 9.17) is 5.11 Å². The minimum atomic E-state index is -4.09. The number of carboxylic acid groups (broad SMARTS) is 1. The molecule has 0 aliphatic carbocycles. The Balaban J connectivity index is 2.39. The first-order valence-corrected chi connectivity index (χ1v) is 8.74. The molecule has 0 bridgehead atoms. The second-order valence-electron chi connectivity index (χ2n) is 5.27. The number of aromatic nitrogens is 2. The fourth-order valence-corrected chi connectivity index (χ4v) is 3.41. The summed E-state index contributed by atoms with van der Waals surface area (Å²) in [6, 6.07) is 2.47. The lowest BCUT2D eigenvalue weighted by atomic mass is 10.1. The first-order valence-electron chi connectivity index (χ1n) is 7.26. The molecule has 0 saturated heterocycles. The average molecular weight is 355 g/mol. The molecular formula is C14H17N3O6S. The largest absolute Gasteiger partial charge is 0.480 e. The van der Waals surface area contributed by atoms with Gasteiger partial charge in [0.05, 0.1) is 15.9 Å². The molecule has 10 heteroatoms. The zero-order valence-electron chi connectivity index (χ0n) is 12.8. The van der Waals surface area contributed by atoms with Crippen LogP contribution in [0, 0.1) is 0 Å². The van der Waals surface area contributed by atoms with Gasteiger partial charge in [0.2, 0.25) is 10.0 Å². The fraction of sp³-hybridized carbons (Fsp3) is 0.357. The van der Waals surface area contributed by atoms with Gasteiger partial charge in [0.1, 0.15) is 6.04 Å². The van der Waals surface area contributed by atoms with Gasteiger partial charge in [-0.15, -0.1) is 0 Å². The SMILES string of the molecule is CCCC[C@H](NS(=O)(=O)c1ccc2[nH]c(=O)c(=O)[nH]c2c1)C(=O)O. The lowest BCUT2D eigenvalue weighted by molar-refractivity contribution is -0.139. The van der Waals surface area contributed by atoms with Gasteiger partial charge in [0.15, 0.2) is 0 Å². The second kappa shape index (κ2) is 6.97. The molecular weight excluding hydrogens is 338 g/mol. The lowest BCUT2D eigenvalue weighted by Crippen LogP contribution is -2.40. The van der Waals surface area contributed by atoms with Gasteiger partial charge in [-0.3, -0.25) is 14.4 Å². The monoisotopic (exact) mass is 355 g/mol. The molecule has 2 rings (SSSR count). The van der Waals surface area contributed by atoms with E-state index in [1.54, 1.807) is 0 Å². The number of unbranched alkanes of at least 4 members (excludes halogenated alkanes) is 1. The van der Waals surface area contributed by atoms with Gasteiger partial charge >= 0.3 is 17.1 Å². The predicted molar refractivity (Wildman–Crippen MR) is 86.5 cm³/mol. The third kappa shape index (κ3) is 3.89. The van der Waals surface area contributed by atoms with Gasteiger partial charge in [0, 0.05) is 0 Å². The van der Waals surface area contributed by atoms with Crippen LogP contribution in [0.2, 0.25) is 0 Å². The third-order valence-corrected chi connectivity index (χ3v) is 4.92. The minimum absolute atomic E-state index is 0.128. The Morgan fingerprint density at radius 2 is 1.83 bits per heavy atom. The summed E-state index contributed by atoms with van der Waals surface area (Å²) in [6.07, 6.45) is 1.46. The number of aromatic amines is 2. The van der Waals surface area contributed by atoms with Crippen LogP contribution in [-0.4, -0.2) is 35.5 Å². The van der Waals surface area contributed by atoms with Gasteiger partial charge in [-0.2, -0.15) is 4.72 Å². The number of carboxylic acids is 1. The van der Waals surface area contributed by atoms with Crippen LogP contribution in [0.4, 0.5) is 0 Å². The van der Waals surface area contributed by atoms with E-state index in [9.17, 15) is 22.8 Å². The van der Waals surface area contributed by atoms with Crippen LogP contribution in [0.25, 0.3) is 11.0 Å². The van der Waals surface area contributed by atoms with Gasteiger partial charge in [-0.25, -0.2) is 8.42 Å². The molecule has 0 radical (unpaired) electrons. The Morgan fingerprint density at radius 1 is 1.21 bits per heavy atom. The van der Waals surface area contributed by atoms with Crippen molar-refractivity contribution in [2.45, 2.75) is 37.1 Å². The summed E-state index contributed by atoms with van der Waals surface area (Å²) in [5.74, 6) is -1.26. The summed E-state index contributed by atoms with van der Waals surface area (Å²) in [4.78, 5) is 38.2. The van der Waals surface area contributed by atoms with Crippen LogP contribution >= 0.6 is 0 Å². The van der Waals surface area contributed by atoms with Crippen LogP contribution < -0.4 is 15.8 Å². The number of hydrogen-bond donors (Lipinski definition) is 4. The highest BCUT2D eigenvalue weighted by atomic mass is 32.2. The number of nitrogens with one attached hydrogen (secondary N) is 3. The van der Waals surface area contributed by atoms with Crippen LogP contribution in [0.15, 0.2) is 32.7 Å². The van der Waals surface area contributed by atoms with Crippen LogP contribution in [0.3, 0.4) is 0 Å². The van der Waals surface area contributed by atoms with E-state index in [-0.39, 0.29) is 22.3 Å². The number of hydrogen-bond acceptors (Lipinski definition) is 5. The maximum Gasteiger partial charge on any atom is 0.321 e. The highest BCUT2D eigenvalue weighted by Crippen LogP contribution is 2.15. The topological polar surface area (TPSA) is 149 Å². The quantitative estimate of drug-likeness (QED) is 0.519. The first kappa shape index (κ1) is 17.9. The molecule has 2 aromatic rings. The summed E-state index contributed by atoms with van der Waals surface area (Å²) in [6.45, 7) is 1.87. The third-order valence-electron chi connectivity index (χ3n) is 3.45. The normalized spacial score (nSPS) is 13.0. The Labute approximate surface area is 136 Å². The van der Waals surface area contributed by atoms with Crippen molar-refractivity contribution < 1.29 is 18.3 Å². The number of rotatable bonds is 7. The first-order chi connectivity index (χ1) is 11.2. The Bertz CT molecular complexity index is 976. The highest BCUT2D eigenvalue weighted by molar-refractivity contribution is 7.89. The number of aliphatic carboxylic acids is 1. The smallest absolute Gasteiger partial charge is 0.321 e. The van der Waals surface area contributed by atoms with Crippen molar-refractivity contribution >= 4 is 27.0 Å². The van der Waals surface area contributed by atoms with E-state index in [1.165, 1.54) is 12.1 Å². The molecule has 0 aliphatic heterocycles. The van der Waals surface area contributed by atoms with Crippen molar-refractivity contribution in [1.29, 1.82) is 0 Å². The minimum Gasteiger partial charge on any atom is -0.480 e. The number of sulfonamides is 1. The Hall–Kier alpha value is -2.46. The summed E-state index contributed by atoms with van der Waals surface area (Å²) < 4.78 is 26.9. The van der Waals surface area contributed by atoms with Gasteiger partial charge < -0.3 is 15.1 Å². The van der Waals surface area contributed by atoms with Crippen molar-refractivity contribution in [3.05, 3.63) is 38.9 Å². The van der Waals surface area contributed by atoms with Crippen molar-refractivity contribution in [2.75, 3.05) is 0 Å². The molecule has 0 amide bonds. The van der Waals surface area contributed by atoms with Crippen molar-refractivity contribution in [3.8, 4) is 0 Å². The van der Waals surface area contributed by atoms with Gasteiger partial charge in [0.25, 0.3) is 0 Å². The molecule has 0 fully saturated rings. The molecule has 0 unspecified atom stereocenters. The van der Waals surface area contributed by atoms with Gasteiger partial charge in [-0.1, -0.05) is 19.8 Å². The molecule has 130 valence electrons. The molecule has 9 nitrogen and oxygen atoms in total. The van der Waals surface area contributed by atoms with E-state index in [0.29, 0.717) is 6.42 Å². The summed E-state index contributed by atoms with van der Waals surface area (Å²) in [5.41, 5.74) is -1.36. The standard InChI is InChI=1S/C14H17N3O6S/c1-2-3-4-10(14(20)21)17-24(22,23)8-5-6-9-11(7-8)16-13(19)12(18)15-9/h5-7,10,17H,2-4H2,1H3,(H,15,18)(H,16,19)(H,20,21)/t10-/m0/s1. The molecule has 4 N–H and O–H groups in total. The maximum absolute atomic E-state index is 12.4.